The highest BCUT2D eigenvalue weighted by Gasteiger charge is 2.06. The first kappa shape index (κ1) is 15.4. The van der Waals surface area contributed by atoms with E-state index in [1.165, 1.54) is 39.2 Å². The summed E-state index contributed by atoms with van der Waals surface area (Å²) in [6, 6.07) is 24.1. The standard InChI is InChI=1S/C22H23N/c1-16-6-5-7-20(13-16)19-8-10-21(11-9-19)23(4)22-14-17(2)12-18(3)15-22/h5-15H,1-4H3. The van der Waals surface area contributed by atoms with Crippen molar-refractivity contribution >= 4 is 11.4 Å². The molecule has 0 aliphatic heterocycles. The van der Waals surface area contributed by atoms with Crippen LogP contribution in [0.15, 0.2) is 66.7 Å². The normalized spacial score (nSPS) is 10.6. The molecule has 1 nitrogen and oxygen atoms in total. The van der Waals surface area contributed by atoms with Crippen LogP contribution in [0.4, 0.5) is 11.4 Å². The molecule has 0 bridgehead atoms. The van der Waals surface area contributed by atoms with Crippen LogP contribution < -0.4 is 4.90 Å². The fourth-order valence-electron chi connectivity index (χ4n) is 3.00. The molecule has 0 aromatic heterocycles. The molecule has 3 rings (SSSR count). The number of hydrogen-bond acceptors (Lipinski definition) is 1. The van der Waals surface area contributed by atoms with Crippen molar-refractivity contribution in [2.24, 2.45) is 0 Å². The van der Waals surface area contributed by atoms with Gasteiger partial charge in [-0.15, -0.1) is 0 Å². The summed E-state index contributed by atoms with van der Waals surface area (Å²) < 4.78 is 0. The average molecular weight is 301 g/mol. The summed E-state index contributed by atoms with van der Waals surface area (Å²) in [5, 5.41) is 0. The Labute approximate surface area is 139 Å². The van der Waals surface area contributed by atoms with Gasteiger partial charge in [0.2, 0.25) is 0 Å². The van der Waals surface area contributed by atoms with Crippen LogP contribution in [0.3, 0.4) is 0 Å². The fourth-order valence-corrected chi connectivity index (χ4v) is 3.00. The Balaban J connectivity index is 1.89. The molecule has 23 heavy (non-hydrogen) atoms. The maximum atomic E-state index is 2.24. The number of hydrogen-bond donors (Lipinski definition) is 0. The minimum atomic E-state index is 1.20. The summed E-state index contributed by atoms with van der Waals surface area (Å²) in [5.41, 5.74) is 8.83. The van der Waals surface area contributed by atoms with Gasteiger partial charge in [-0.3, -0.25) is 0 Å². The predicted octanol–water partition coefficient (Wildman–Crippen LogP) is 6.05. The fraction of sp³-hybridized carbons (Fsp3) is 0.182. The Morgan fingerprint density at radius 3 is 1.83 bits per heavy atom. The summed E-state index contributed by atoms with van der Waals surface area (Å²) in [7, 11) is 2.12. The molecular weight excluding hydrogens is 278 g/mol. The monoisotopic (exact) mass is 301 g/mol. The van der Waals surface area contributed by atoms with Crippen LogP contribution in [0.2, 0.25) is 0 Å². The lowest BCUT2D eigenvalue weighted by atomic mass is 10.0. The van der Waals surface area contributed by atoms with Crippen molar-refractivity contribution in [3.05, 3.63) is 83.4 Å². The number of rotatable bonds is 3. The van der Waals surface area contributed by atoms with Gasteiger partial charge in [-0.2, -0.15) is 0 Å². The van der Waals surface area contributed by atoms with E-state index in [-0.39, 0.29) is 0 Å². The Bertz CT molecular complexity index is 795. The molecule has 0 aliphatic carbocycles. The molecule has 116 valence electrons. The van der Waals surface area contributed by atoms with Gasteiger partial charge in [-0.05, 0) is 67.3 Å². The van der Waals surface area contributed by atoms with Gasteiger partial charge >= 0.3 is 0 Å². The minimum Gasteiger partial charge on any atom is -0.345 e. The zero-order valence-corrected chi connectivity index (χ0v) is 14.3. The van der Waals surface area contributed by atoms with Gasteiger partial charge < -0.3 is 4.90 Å². The van der Waals surface area contributed by atoms with Crippen molar-refractivity contribution in [3.8, 4) is 11.1 Å². The minimum absolute atomic E-state index is 1.20. The summed E-state index contributed by atoms with van der Waals surface area (Å²) in [6.07, 6.45) is 0. The number of anilines is 2. The van der Waals surface area contributed by atoms with Gasteiger partial charge in [0.05, 0.1) is 0 Å². The van der Waals surface area contributed by atoms with Crippen molar-refractivity contribution in [2.75, 3.05) is 11.9 Å². The van der Waals surface area contributed by atoms with E-state index in [0.717, 1.165) is 0 Å². The van der Waals surface area contributed by atoms with Gasteiger partial charge in [0.15, 0.2) is 0 Å². The summed E-state index contributed by atoms with van der Waals surface area (Å²) in [6.45, 7) is 6.42. The number of benzene rings is 3. The van der Waals surface area contributed by atoms with E-state index in [4.69, 9.17) is 0 Å². The lowest BCUT2D eigenvalue weighted by Crippen LogP contribution is -2.09. The second-order valence-corrected chi connectivity index (χ2v) is 6.32. The summed E-state index contributed by atoms with van der Waals surface area (Å²) in [5.74, 6) is 0. The highest BCUT2D eigenvalue weighted by molar-refractivity contribution is 5.70. The molecule has 3 aromatic rings. The van der Waals surface area contributed by atoms with E-state index in [1.54, 1.807) is 0 Å². The molecule has 0 spiro atoms. The second kappa shape index (κ2) is 6.29. The highest BCUT2D eigenvalue weighted by Crippen LogP contribution is 2.28. The van der Waals surface area contributed by atoms with E-state index in [0.29, 0.717) is 0 Å². The maximum Gasteiger partial charge on any atom is 0.0413 e. The molecule has 0 unspecified atom stereocenters. The van der Waals surface area contributed by atoms with Crippen LogP contribution in [-0.2, 0) is 0 Å². The van der Waals surface area contributed by atoms with Crippen LogP contribution in [0.5, 0.6) is 0 Å². The first-order valence-electron chi connectivity index (χ1n) is 8.02. The third-order valence-electron chi connectivity index (χ3n) is 4.20. The van der Waals surface area contributed by atoms with Crippen LogP contribution in [0, 0.1) is 20.8 Å². The van der Waals surface area contributed by atoms with Crippen molar-refractivity contribution in [1.29, 1.82) is 0 Å². The zero-order chi connectivity index (χ0) is 16.4. The molecule has 0 saturated heterocycles. The molecule has 0 aliphatic rings. The molecule has 0 saturated carbocycles. The second-order valence-electron chi connectivity index (χ2n) is 6.32. The van der Waals surface area contributed by atoms with E-state index in [2.05, 4.69) is 99.4 Å². The SMILES string of the molecule is Cc1cccc(-c2ccc(N(C)c3cc(C)cc(C)c3)cc2)c1. The molecule has 0 atom stereocenters. The lowest BCUT2D eigenvalue weighted by Gasteiger charge is -2.21. The van der Waals surface area contributed by atoms with Gasteiger partial charge in [-0.1, -0.05) is 48.0 Å². The topological polar surface area (TPSA) is 3.24 Å². The molecule has 1 heteroatoms. The van der Waals surface area contributed by atoms with Crippen LogP contribution in [-0.4, -0.2) is 7.05 Å². The first-order valence-corrected chi connectivity index (χ1v) is 8.02. The van der Waals surface area contributed by atoms with Crippen molar-refractivity contribution in [3.63, 3.8) is 0 Å². The number of aryl methyl sites for hydroxylation is 3. The highest BCUT2D eigenvalue weighted by atomic mass is 15.1. The summed E-state index contributed by atoms with van der Waals surface area (Å²) >= 11 is 0. The largest absolute Gasteiger partial charge is 0.345 e. The zero-order valence-electron chi connectivity index (χ0n) is 14.3. The Morgan fingerprint density at radius 1 is 0.565 bits per heavy atom. The molecule has 3 aromatic carbocycles. The maximum absolute atomic E-state index is 2.24. The van der Waals surface area contributed by atoms with Crippen LogP contribution in [0.25, 0.3) is 11.1 Å². The first-order chi connectivity index (χ1) is 11.0. The van der Waals surface area contributed by atoms with Gasteiger partial charge in [0, 0.05) is 18.4 Å². The van der Waals surface area contributed by atoms with E-state index in [1.807, 2.05) is 0 Å². The average Bonchev–Trinajstić information content (AvgIpc) is 2.53. The Kier molecular flexibility index (Phi) is 4.20. The molecule has 0 fully saturated rings. The van der Waals surface area contributed by atoms with Crippen LogP contribution in [0.1, 0.15) is 16.7 Å². The van der Waals surface area contributed by atoms with Crippen molar-refractivity contribution in [2.45, 2.75) is 20.8 Å². The smallest absolute Gasteiger partial charge is 0.0413 e. The van der Waals surface area contributed by atoms with Crippen LogP contribution >= 0.6 is 0 Å². The van der Waals surface area contributed by atoms with Crippen molar-refractivity contribution in [1.82, 2.24) is 0 Å². The predicted molar refractivity (Wildman–Crippen MR) is 101 cm³/mol. The number of nitrogens with zero attached hydrogens (tertiary/aromatic N) is 1. The third kappa shape index (κ3) is 3.45. The quantitative estimate of drug-likeness (QED) is 0.569. The van der Waals surface area contributed by atoms with Gasteiger partial charge in [0.25, 0.3) is 0 Å². The summed E-state index contributed by atoms with van der Waals surface area (Å²) in [4.78, 5) is 2.24. The van der Waals surface area contributed by atoms with E-state index in [9.17, 15) is 0 Å². The van der Waals surface area contributed by atoms with Crippen molar-refractivity contribution < 1.29 is 0 Å². The van der Waals surface area contributed by atoms with Gasteiger partial charge in [0.1, 0.15) is 0 Å². The lowest BCUT2D eigenvalue weighted by molar-refractivity contribution is 1.19. The molecule has 0 amide bonds. The Morgan fingerprint density at radius 2 is 1.22 bits per heavy atom. The third-order valence-corrected chi connectivity index (χ3v) is 4.20. The Hall–Kier alpha value is -2.54. The molecule has 0 radical (unpaired) electrons. The molecule has 0 heterocycles. The van der Waals surface area contributed by atoms with E-state index >= 15 is 0 Å². The van der Waals surface area contributed by atoms with E-state index < -0.39 is 0 Å². The molecule has 0 N–H and O–H groups in total. The molecular formula is C22H23N. The van der Waals surface area contributed by atoms with Gasteiger partial charge in [-0.25, -0.2) is 0 Å².